The summed E-state index contributed by atoms with van der Waals surface area (Å²) >= 11 is 5.91. The molecule has 0 unspecified atom stereocenters. The van der Waals surface area contributed by atoms with E-state index in [-0.39, 0.29) is 34.3 Å². The van der Waals surface area contributed by atoms with Gasteiger partial charge in [0.1, 0.15) is 22.4 Å². The minimum absolute atomic E-state index is 0.0488. The Morgan fingerprint density at radius 1 is 1.00 bits per heavy atom. The molecule has 3 N–H and O–H groups in total. The lowest BCUT2D eigenvalue weighted by atomic mass is 9.90. The Bertz CT molecular complexity index is 1610. The van der Waals surface area contributed by atoms with E-state index in [9.17, 15) is 27.2 Å². The Hall–Kier alpha value is -4.02. The van der Waals surface area contributed by atoms with Crippen LogP contribution in [0, 0.1) is 5.82 Å². The molecule has 0 atom stereocenters. The van der Waals surface area contributed by atoms with Crippen molar-refractivity contribution in [2.75, 3.05) is 18.4 Å². The first-order valence-electron chi connectivity index (χ1n) is 12.9. The molecule has 2 aromatic heterocycles. The maximum absolute atomic E-state index is 14.4. The van der Waals surface area contributed by atoms with Crippen LogP contribution in [0.25, 0.3) is 11.1 Å². The van der Waals surface area contributed by atoms with Crippen molar-refractivity contribution in [2.45, 2.75) is 31.4 Å². The maximum Gasteiger partial charge on any atom is 0.431 e. The molecule has 11 heteroatoms. The summed E-state index contributed by atoms with van der Waals surface area (Å²) in [6, 6.07) is 15.2. The third-order valence-corrected chi connectivity index (χ3v) is 7.31. The number of aromatic amines is 1. The number of halogens is 5. The molecule has 0 bridgehead atoms. The minimum atomic E-state index is -4.84. The van der Waals surface area contributed by atoms with Crippen molar-refractivity contribution in [3.63, 3.8) is 0 Å². The van der Waals surface area contributed by atoms with Crippen LogP contribution in [0.4, 0.5) is 23.2 Å². The van der Waals surface area contributed by atoms with Crippen molar-refractivity contribution >= 4 is 23.2 Å². The summed E-state index contributed by atoms with van der Waals surface area (Å²) in [6.07, 6.45) is -2.87. The average molecular weight is 585 g/mol. The van der Waals surface area contributed by atoms with Gasteiger partial charge in [-0.1, -0.05) is 48.0 Å². The second-order valence-corrected chi connectivity index (χ2v) is 10.2. The molecule has 1 aliphatic rings. The Balaban J connectivity index is 1.57. The number of H-pyrrole nitrogens is 1. The smallest absolute Gasteiger partial charge is 0.352 e. The number of pyridine rings is 2. The van der Waals surface area contributed by atoms with Crippen LogP contribution in [0.15, 0.2) is 71.7 Å². The number of carbonyl (C=O) groups is 1. The second kappa shape index (κ2) is 11.8. The standard InChI is InChI=1S/C30H25ClF4N4O2/c31-24-16-21(11-14-37-24)29(41)39-26-25(20-9-12-36-13-10-20)38-28(30(33,34)35)23(27(26)40)15-17-1-3-18(4-2-17)19-5-7-22(32)8-6-19/h1-8,11,14,16,20,36H,9-10,12-13,15H2,(H,38,40)(H,39,41). The highest BCUT2D eigenvalue weighted by Gasteiger charge is 2.38. The van der Waals surface area contributed by atoms with Crippen LogP contribution in [-0.4, -0.2) is 29.0 Å². The number of piperidine rings is 1. The number of amides is 1. The van der Waals surface area contributed by atoms with Crippen molar-refractivity contribution in [3.8, 4) is 11.1 Å². The molecular formula is C30H25ClF4N4O2. The van der Waals surface area contributed by atoms with Crippen molar-refractivity contribution in [1.29, 1.82) is 0 Å². The van der Waals surface area contributed by atoms with Gasteiger partial charge in [-0.2, -0.15) is 13.2 Å². The fraction of sp³-hybridized carbons (Fsp3) is 0.233. The monoisotopic (exact) mass is 584 g/mol. The Labute approximate surface area is 237 Å². The van der Waals surface area contributed by atoms with Gasteiger partial charge in [0.05, 0.1) is 0 Å². The molecule has 1 saturated heterocycles. The normalized spacial score (nSPS) is 14.2. The molecule has 41 heavy (non-hydrogen) atoms. The van der Waals surface area contributed by atoms with E-state index in [1.54, 1.807) is 36.4 Å². The van der Waals surface area contributed by atoms with E-state index >= 15 is 0 Å². The summed E-state index contributed by atoms with van der Waals surface area (Å²) in [5.41, 5.74) is -0.660. The molecule has 6 nitrogen and oxygen atoms in total. The zero-order valence-electron chi connectivity index (χ0n) is 21.6. The zero-order chi connectivity index (χ0) is 29.1. The average Bonchev–Trinajstić information content (AvgIpc) is 2.96. The van der Waals surface area contributed by atoms with Crippen LogP contribution in [0.1, 0.15) is 51.6 Å². The van der Waals surface area contributed by atoms with Crippen molar-refractivity contribution < 1.29 is 22.4 Å². The van der Waals surface area contributed by atoms with Crippen LogP contribution >= 0.6 is 11.6 Å². The summed E-state index contributed by atoms with van der Waals surface area (Å²) in [7, 11) is 0. The fourth-order valence-corrected chi connectivity index (χ4v) is 5.18. The molecule has 0 spiro atoms. The summed E-state index contributed by atoms with van der Waals surface area (Å²) in [6.45, 7) is 1.12. The van der Waals surface area contributed by atoms with Gasteiger partial charge in [-0.05, 0) is 66.9 Å². The molecule has 1 aliphatic heterocycles. The third kappa shape index (κ3) is 6.49. The van der Waals surface area contributed by atoms with Gasteiger partial charge in [-0.25, -0.2) is 9.37 Å². The molecule has 212 valence electrons. The molecular weight excluding hydrogens is 560 g/mol. The van der Waals surface area contributed by atoms with Gasteiger partial charge in [0.15, 0.2) is 0 Å². The predicted molar refractivity (Wildman–Crippen MR) is 149 cm³/mol. The lowest BCUT2D eigenvalue weighted by Gasteiger charge is -2.27. The topological polar surface area (TPSA) is 86.9 Å². The summed E-state index contributed by atoms with van der Waals surface area (Å²) in [5.74, 6) is -1.47. The van der Waals surface area contributed by atoms with Gasteiger partial charge < -0.3 is 15.6 Å². The summed E-state index contributed by atoms with van der Waals surface area (Å²) < 4.78 is 56.4. The number of hydrogen-bond acceptors (Lipinski definition) is 4. The first-order valence-corrected chi connectivity index (χ1v) is 13.3. The summed E-state index contributed by atoms with van der Waals surface area (Å²) in [5, 5.41) is 5.79. The van der Waals surface area contributed by atoms with Crippen LogP contribution in [0.5, 0.6) is 0 Å². The highest BCUT2D eigenvalue weighted by molar-refractivity contribution is 6.29. The maximum atomic E-state index is 14.4. The van der Waals surface area contributed by atoms with Crippen LogP contribution in [-0.2, 0) is 12.6 Å². The van der Waals surface area contributed by atoms with Gasteiger partial charge in [0, 0.05) is 35.4 Å². The van der Waals surface area contributed by atoms with E-state index in [0.29, 0.717) is 31.5 Å². The number of benzene rings is 2. The number of carbonyl (C=O) groups excluding carboxylic acids is 1. The van der Waals surface area contributed by atoms with E-state index in [0.717, 1.165) is 11.1 Å². The molecule has 2 aromatic carbocycles. The number of nitrogens with one attached hydrogen (secondary N) is 3. The second-order valence-electron chi connectivity index (χ2n) is 9.82. The fourth-order valence-electron chi connectivity index (χ4n) is 5.00. The van der Waals surface area contributed by atoms with E-state index in [4.69, 9.17) is 11.6 Å². The number of hydrogen-bond donors (Lipinski definition) is 3. The molecule has 5 rings (SSSR count). The van der Waals surface area contributed by atoms with E-state index in [2.05, 4.69) is 20.6 Å². The molecule has 0 saturated carbocycles. The largest absolute Gasteiger partial charge is 0.431 e. The summed E-state index contributed by atoms with van der Waals surface area (Å²) in [4.78, 5) is 33.3. The molecule has 1 amide bonds. The lowest BCUT2D eigenvalue weighted by Crippen LogP contribution is -2.32. The van der Waals surface area contributed by atoms with Gasteiger partial charge in [0.2, 0.25) is 5.43 Å². The van der Waals surface area contributed by atoms with Gasteiger partial charge in [-0.15, -0.1) is 0 Å². The first-order chi connectivity index (χ1) is 19.6. The predicted octanol–water partition coefficient (Wildman–Crippen LogP) is 6.56. The number of anilines is 1. The Morgan fingerprint density at radius 2 is 1.63 bits per heavy atom. The van der Waals surface area contributed by atoms with E-state index in [1.165, 1.54) is 30.5 Å². The first kappa shape index (κ1) is 28.5. The highest BCUT2D eigenvalue weighted by Crippen LogP contribution is 2.36. The van der Waals surface area contributed by atoms with Crippen LogP contribution in [0.2, 0.25) is 5.15 Å². The quantitative estimate of drug-likeness (QED) is 0.177. The Morgan fingerprint density at radius 3 is 2.24 bits per heavy atom. The minimum Gasteiger partial charge on any atom is -0.352 e. The van der Waals surface area contributed by atoms with Crippen LogP contribution in [0.3, 0.4) is 0 Å². The van der Waals surface area contributed by atoms with E-state index < -0.39 is 34.7 Å². The highest BCUT2D eigenvalue weighted by atomic mass is 35.5. The molecule has 3 heterocycles. The SMILES string of the molecule is O=C(Nc1c(C2CCNCC2)[nH]c(C(F)(F)F)c(Cc2ccc(-c3ccc(F)cc3)cc2)c1=O)c1ccnc(Cl)c1. The third-order valence-electron chi connectivity index (χ3n) is 7.10. The van der Waals surface area contributed by atoms with Crippen molar-refractivity contribution in [1.82, 2.24) is 15.3 Å². The van der Waals surface area contributed by atoms with Crippen molar-refractivity contribution in [3.05, 3.63) is 116 Å². The molecule has 1 fully saturated rings. The number of nitrogens with zero attached hydrogens (tertiary/aromatic N) is 1. The zero-order valence-corrected chi connectivity index (χ0v) is 22.4. The number of alkyl halides is 3. The van der Waals surface area contributed by atoms with Gasteiger partial charge >= 0.3 is 6.18 Å². The Kier molecular flexibility index (Phi) is 8.23. The van der Waals surface area contributed by atoms with Gasteiger partial charge in [-0.3, -0.25) is 9.59 Å². The molecule has 0 aliphatic carbocycles. The van der Waals surface area contributed by atoms with Crippen molar-refractivity contribution in [2.24, 2.45) is 0 Å². The van der Waals surface area contributed by atoms with Crippen LogP contribution < -0.4 is 16.1 Å². The number of rotatable bonds is 6. The molecule has 4 aromatic rings. The van der Waals surface area contributed by atoms with E-state index in [1.807, 2.05) is 0 Å². The number of aromatic nitrogens is 2. The molecule has 0 radical (unpaired) electrons. The lowest BCUT2D eigenvalue weighted by molar-refractivity contribution is -0.142. The van der Waals surface area contributed by atoms with Gasteiger partial charge in [0.25, 0.3) is 5.91 Å².